The number of pyridine rings is 1. The van der Waals surface area contributed by atoms with E-state index in [0.717, 1.165) is 40.8 Å². The summed E-state index contributed by atoms with van der Waals surface area (Å²) < 4.78 is 25.9. The maximum absolute atomic E-state index is 11.8. The third kappa shape index (κ3) is 8.05. The molecule has 1 heterocycles. The molecular formula is C27H33N5O2S. The second-order valence-corrected chi connectivity index (χ2v) is 10.2. The van der Waals surface area contributed by atoms with E-state index in [4.69, 9.17) is 5.73 Å². The first kappa shape index (κ1) is 26.1. The van der Waals surface area contributed by atoms with E-state index in [-0.39, 0.29) is 12.3 Å². The number of hydrogen-bond donors (Lipinski definition) is 3. The first-order chi connectivity index (χ1) is 16.9. The largest absolute Gasteiger partial charge is 0.398 e. The summed E-state index contributed by atoms with van der Waals surface area (Å²) in [6.07, 6.45) is 9.11. The SMILES string of the molecule is CCCc1ccc(-c2ccc(NCCS(=O)(=O)NC)c(/C(N)=C/C=NCc3cccnc3)c2)cc1. The van der Waals surface area contributed by atoms with Crippen LogP contribution < -0.4 is 15.8 Å². The zero-order valence-corrected chi connectivity index (χ0v) is 21.1. The molecule has 184 valence electrons. The zero-order valence-electron chi connectivity index (χ0n) is 20.2. The molecule has 0 aliphatic carbocycles. The molecule has 0 bridgehead atoms. The average Bonchev–Trinajstić information content (AvgIpc) is 2.88. The lowest BCUT2D eigenvalue weighted by Crippen LogP contribution is -2.26. The molecule has 0 saturated heterocycles. The van der Waals surface area contributed by atoms with Crippen LogP contribution in [-0.4, -0.2) is 39.0 Å². The molecule has 0 unspecified atom stereocenters. The molecular weight excluding hydrogens is 458 g/mol. The number of benzene rings is 2. The highest BCUT2D eigenvalue weighted by atomic mass is 32.2. The standard InChI is InChI=1S/C27H33N5O2S/c1-3-5-21-7-9-23(10-8-21)24-11-12-27(32-16-17-35(33,34)29-2)25(18-24)26(28)13-15-31-20-22-6-4-14-30-19-22/h4,6-15,18-19,29,32H,3,5,16-17,20,28H2,1-2H3/b26-13-,31-15?. The Morgan fingerprint density at radius 3 is 2.54 bits per heavy atom. The first-order valence-electron chi connectivity index (χ1n) is 11.6. The van der Waals surface area contributed by atoms with Crippen LogP contribution in [0.1, 0.15) is 30.0 Å². The van der Waals surface area contributed by atoms with Gasteiger partial charge in [0, 0.05) is 42.1 Å². The molecule has 2 aromatic carbocycles. The lowest BCUT2D eigenvalue weighted by Gasteiger charge is -2.15. The predicted octanol–water partition coefficient (Wildman–Crippen LogP) is 4.23. The third-order valence-electron chi connectivity index (χ3n) is 5.51. The van der Waals surface area contributed by atoms with Crippen LogP contribution >= 0.6 is 0 Å². The van der Waals surface area contributed by atoms with Gasteiger partial charge in [0.15, 0.2) is 0 Å². The molecule has 35 heavy (non-hydrogen) atoms. The van der Waals surface area contributed by atoms with Crippen molar-refractivity contribution in [2.24, 2.45) is 10.7 Å². The van der Waals surface area contributed by atoms with E-state index in [1.165, 1.54) is 12.6 Å². The maximum atomic E-state index is 11.8. The summed E-state index contributed by atoms with van der Waals surface area (Å²) in [7, 11) is -1.90. The molecule has 3 rings (SSSR count). The minimum Gasteiger partial charge on any atom is -0.398 e. The van der Waals surface area contributed by atoms with E-state index in [1.807, 2.05) is 30.3 Å². The zero-order chi connectivity index (χ0) is 25.1. The van der Waals surface area contributed by atoms with Crippen LogP contribution in [0.15, 0.2) is 78.1 Å². The van der Waals surface area contributed by atoms with Gasteiger partial charge in [-0.2, -0.15) is 0 Å². The van der Waals surface area contributed by atoms with Gasteiger partial charge in [-0.05, 0) is 60.0 Å². The molecule has 0 spiro atoms. The van der Waals surface area contributed by atoms with Crippen LogP contribution in [0.5, 0.6) is 0 Å². The normalized spacial score (nSPS) is 12.2. The van der Waals surface area contributed by atoms with Crippen molar-refractivity contribution in [2.45, 2.75) is 26.3 Å². The second-order valence-electron chi connectivity index (χ2n) is 8.13. The number of sulfonamides is 1. The molecule has 7 nitrogen and oxygen atoms in total. The molecule has 0 saturated carbocycles. The van der Waals surface area contributed by atoms with E-state index in [0.29, 0.717) is 12.2 Å². The Kier molecular flexibility index (Phi) is 9.57. The van der Waals surface area contributed by atoms with Gasteiger partial charge in [0.2, 0.25) is 10.0 Å². The van der Waals surface area contributed by atoms with Crippen LogP contribution in [0.25, 0.3) is 16.8 Å². The highest BCUT2D eigenvalue weighted by Gasteiger charge is 2.11. The van der Waals surface area contributed by atoms with Crippen LogP contribution in [0.2, 0.25) is 0 Å². The van der Waals surface area contributed by atoms with Crippen molar-refractivity contribution < 1.29 is 8.42 Å². The fourth-order valence-corrected chi connectivity index (χ4v) is 4.14. The fourth-order valence-electron chi connectivity index (χ4n) is 3.56. The van der Waals surface area contributed by atoms with Gasteiger partial charge >= 0.3 is 0 Å². The summed E-state index contributed by atoms with van der Waals surface area (Å²) in [5.41, 5.74) is 13.0. The summed E-state index contributed by atoms with van der Waals surface area (Å²) in [6, 6.07) is 18.3. The summed E-state index contributed by atoms with van der Waals surface area (Å²) in [6.45, 7) is 2.93. The number of nitrogens with one attached hydrogen (secondary N) is 2. The molecule has 1 aromatic heterocycles. The number of nitrogens with zero attached hydrogens (tertiary/aromatic N) is 2. The van der Waals surface area contributed by atoms with Crippen LogP contribution in [-0.2, 0) is 23.0 Å². The number of allylic oxidation sites excluding steroid dienone is 1. The summed E-state index contributed by atoms with van der Waals surface area (Å²) in [5.74, 6) is -0.0419. The van der Waals surface area contributed by atoms with Crippen LogP contribution in [0.3, 0.4) is 0 Å². The fraction of sp³-hybridized carbons (Fsp3) is 0.259. The van der Waals surface area contributed by atoms with E-state index in [9.17, 15) is 8.42 Å². The van der Waals surface area contributed by atoms with Crippen molar-refractivity contribution in [1.82, 2.24) is 9.71 Å². The molecule has 0 aliphatic heterocycles. The molecule has 0 radical (unpaired) electrons. The number of aryl methyl sites for hydroxylation is 1. The Morgan fingerprint density at radius 2 is 1.86 bits per heavy atom. The van der Waals surface area contributed by atoms with Crippen molar-refractivity contribution in [3.8, 4) is 11.1 Å². The van der Waals surface area contributed by atoms with Crippen LogP contribution in [0.4, 0.5) is 5.69 Å². The predicted molar refractivity (Wildman–Crippen MR) is 146 cm³/mol. The van der Waals surface area contributed by atoms with Crippen molar-refractivity contribution in [3.63, 3.8) is 0 Å². The third-order valence-corrected chi connectivity index (χ3v) is 6.87. The number of nitrogens with two attached hydrogens (primary N) is 1. The minimum absolute atomic E-state index is 0.0419. The maximum Gasteiger partial charge on any atom is 0.213 e. The highest BCUT2D eigenvalue weighted by Crippen LogP contribution is 2.28. The Morgan fingerprint density at radius 1 is 1.09 bits per heavy atom. The van der Waals surface area contributed by atoms with Gasteiger partial charge in [-0.3, -0.25) is 9.98 Å². The van der Waals surface area contributed by atoms with E-state index in [2.05, 4.69) is 51.2 Å². The number of anilines is 1. The Hall–Kier alpha value is -3.49. The molecule has 0 atom stereocenters. The number of rotatable bonds is 12. The van der Waals surface area contributed by atoms with E-state index in [1.54, 1.807) is 24.7 Å². The lowest BCUT2D eigenvalue weighted by molar-refractivity contribution is 0.588. The first-order valence-corrected chi connectivity index (χ1v) is 13.3. The number of hydrogen-bond acceptors (Lipinski definition) is 6. The van der Waals surface area contributed by atoms with Crippen molar-refractivity contribution in [3.05, 3.63) is 89.8 Å². The molecule has 8 heteroatoms. The summed E-state index contributed by atoms with van der Waals surface area (Å²) >= 11 is 0. The smallest absolute Gasteiger partial charge is 0.213 e. The summed E-state index contributed by atoms with van der Waals surface area (Å²) in [4.78, 5) is 8.51. The van der Waals surface area contributed by atoms with Gasteiger partial charge in [-0.1, -0.05) is 49.7 Å². The topological polar surface area (TPSA) is 109 Å². The van der Waals surface area contributed by atoms with Gasteiger partial charge in [0.1, 0.15) is 0 Å². The van der Waals surface area contributed by atoms with E-state index < -0.39 is 10.0 Å². The van der Waals surface area contributed by atoms with Gasteiger partial charge < -0.3 is 11.1 Å². The highest BCUT2D eigenvalue weighted by molar-refractivity contribution is 7.89. The molecule has 4 N–H and O–H groups in total. The molecule has 3 aromatic rings. The number of aromatic nitrogens is 1. The van der Waals surface area contributed by atoms with Gasteiger partial charge in [0.05, 0.1) is 12.3 Å². The Labute approximate surface area is 208 Å². The molecule has 0 amide bonds. The average molecular weight is 492 g/mol. The molecule has 0 fully saturated rings. The molecule has 0 aliphatic rings. The lowest BCUT2D eigenvalue weighted by atomic mass is 9.98. The van der Waals surface area contributed by atoms with Crippen molar-refractivity contribution in [2.75, 3.05) is 24.7 Å². The van der Waals surface area contributed by atoms with Crippen molar-refractivity contribution >= 4 is 27.6 Å². The number of aliphatic imine (C=N–C) groups is 1. The monoisotopic (exact) mass is 491 g/mol. The van der Waals surface area contributed by atoms with Crippen molar-refractivity contribution in [1.29, 1.82) is 0 Å². The summed E-state index contributed by atoms with van der Waals surface area (Å²) in [5, 5.41) is 3.21. The van der Waals surface area contributed by atoms with Gasteiger partial charge in [0.25, 0.3) is 0 Å². The minimum atomic E-state index is -3.31. The quantitative estimate of drug-likeness (QED) is 0.329. The van der Waals surface area contributed by atoms with Crippen LogP contribution in [0, 0.1) is 0 Å². The Balaban J connectivity index is 1.85. The van der Waals surface area contributed by atoms with Gasteiger partial charge in [-0.25, -0.2) is 13.1 Å². The Bertz CT molecular complexity index is 1250. The second kappa shape index (κ2) is 12.8. The van der Waals surface area contributed by atoms with E-state index >= 15 is 0 Å². The van der Waals surface area contributed by atoms with Gasteiger partial charge in [-0.15, -0.1) is 0 Å².